The van der Waals surface area contributed by atoms with Crippen LogP contribution in [0.5, 0.6) is 0 Å². The number of anilines is 1. The molecule has 0 atom stereocenters. The molecule has 0 bridgehead atoms. The fourth-order valence-corrected chi connectivity index (χ4v) is 7.33. The summed E-state index contributed by atoms with van der Waals surface area (Å²) in [5, 5.41) is 18.7. The topological polar surface area (TPSA) is 125 Å². The van der Waals surface area contributed by atoms with Gasteiger partial charge >= 0.3 is 0 Å². The number of hydrogen-bond donors (Lipinski definition) is 2. The number of halogens is 1. The summed E-state index contributed by atoms with van der Waals surface area (Å²) in [6.45, 7) is 3.83. The van der Waals surface area contributed by atoms with Crippen molar-refractivity contribution in [1.29, 1.82) is 0 Å². The molecule has 0 saturated carbocycles. The summed E-state index contributed by atoms with van der Waals surface area (Å²) in [6, 6.07) is 5.38. The van der Waals surface area contributed by atoms with Gasteiger partial charge in [0.2, 0.25) is 10.0 Å². The molecule has 0 aliphatic carbocycles. The van der Waals surface area contributed by atoms with Gasteiger partial charge in [0.15, 0.2) is 0 Å². The molecule has 8 nitrogen and oxygen atoms in total. The van der Waals surface area contributed by atoms with Crippen molar-refractivity contribution in [2.75, 3.05) is 33.0 Å². The first-order valence-corrected chi connectivity index (χ1v) is 21.9. The molecule has 51 heavy (non-hydrogen) atoms. The quantitative estimate of drug-likeness (QED) is 0.0604. The van der Waals surface area contributed by atoms with Crippen LogP contribution in [-0.2, 0) is 16.6 Å². The van der Waals surface area contributed by atoms with Gasteiger partial charge in [-0.05, 0) is 37.1 Å². The molecule has 0 aliphatic heterocycles. The van der Waals surface area contributed by atoms with Gasteiger partial charge in [-0.2, -0.15) is 0 Å². The SMILES string of the molecule is CCCCCCCCCCCCCCCCCCCCCCCCCC[N+](C)(C)C.NS(=O)(=O)c1cc(C(=O)[O-])c(NCc2ccco2)cc1Cl. The highest BCUT2D eigenvalue weighted by Gasteiger charge is 2.17. The van der Waals surface area contributed by atoms with Gasteiger partial charge in [0, 0.05) is 11.3 Å². The second-order valence-electron chi connectivity index (χ2n) is 15.2. The van der Waals surface area contributed by atoms with Crippen molar-refractivity contribution in [3.8, 4) is 0 Å². The average Bonchev–Trinajstić information content (AvgIpc) is 3.59. The highest BCUT2D eigenvalue weighted by atomic mass is 35.5. The standard InChI is InChI=1S/C29H62N.C12H11ClN2O5S/c1-5-6-7-8-9-10-11-12-13-14-15-16-17-18-19-20-21-22-23-24-25-26-27-28-29-30(2,3)4;13-9-5-10(15-6-7-2-1-3-20-7)8(12(16)17)4-11(9)21(14,18)19/h5-29H2,1-4H3;1-5,15H,6H2,(H,16,17)(H2,14,18,19)/q+1;/p-1. The molecule has 0 radical (unpaired) electrons. The lowest BCUT2D eigenvalue weighted by molar-refractivity contribution is -0.870. The average molecular weight is 755 g/mol. The van der Waals surface area contributed by atoms with Gasteiger partial charge in [-0.25, -0.2) is 13.6 Å². The fourth-order valence-electron chi connectivity index (χ4n) is 6.23. The molecule has 1 aromatic carbocycles. The Bertz CT molecular complexity index is 1260. The van der Waals surface area contributed by atoms with E-state index in [1.807, 2.05) is 0 Å². The van der Waals surface area contributed by atoms with E-state index in [1.54, 1.807) is 12.1 Å². The number of nitrogens with two attached hydrogens (primary N) is 1. The molecule has 0 saturated heterocycles. The highest BCUT2D eigenvalue weighted by molar-refractivity contribution is 7.89. The van der Waals surface area contributed by atoms with Gasteiger partial charge in [-0.3, -0.25) is 0 Å². The third-order valence-corrected chi connectivity index (χ3v) is 10.7. The van der Waals surface area contributed by atoms with E-state index in [0.717, 1.165) is 16.6 Å². The van der Waals surface area contributed by atoms with Crippen LogP contribution in [0.4, 0.5) is 5.69 Å². The second kappa shape index (κ2) is 28.4. The molecule has 294 valence electrons. The van der Waals surface area contributed by atoms with Gasteiger partial charge in [-0.1, -0.05) is 160 Å². The molecule has 0 amide bonds. The van der Waals surface area contributed by atoms with Crippen LogP contribution in [0.3, 0.4) is 0 Å². The lowest BCUT2D eigenvalue weighted by atomic mass is 10.0. The van der Waals surface area contributed by atoms with Crippen LogP contribution >= 0.6 is 11.6 Å². The Hall–Kier alpha value is -2.07. The molecule has 0 spiro atoms. The Kier molecular flexibility index (Phi) is 26.2. The van der Waals surface area contributed by atoms with E-state index in [2.05, 4.69) is 33.4 Å². The molecule has 2 aromatic rings. The summed E-state index contributed by atoms with van der Waals surface area (Å²) in [5.74, 6) is -0.996. The van der Waals surface area contributed by atoms with Gasteiger partial charge in [0.25, 0.3) is 0 Å². The maximum absolute atomic E-state index is 11.3. The third kappa shape index (κ3) is 25.5. The molecule has 1 aromatic heterocycles. The number of nitrogens with one attached hydrogen (secondary N) is 1. The number of unbranched alkanes of at least 4 members (excludes halogenated alkanes) is 23. The number of benzene rings is 1. The van der Waals surface area contributed by atoms with Crippen LogP contribution in [-0.4, -0.2) is 46.6 Å². The summed E-state index contributed by atoms with van der Waals surface area (Å²) in [5.41, 5.74) is -0.265. The number of aromatic carboxylic acids is 1. The highest BCUT2D eigenvalue weighted by Crippen LogP contribution is 2.28. The van der Waals surface area contributed by atoms with Crippen LogP contribution in [0.1, 0.15) is 177 Å². The number of carbonyl (C=O) groups excluding carboxylic acids is 1. The van der Waals surface area contributed by atoms with Gasteiger partial charge < -0.3 is 24.1 Å². The summed E-state index contributed by atoms with van der Waals surface area (Å²) in [6.07, 6.45) is 36.8. The van der Waals surface area contributed by atoms with Crippen molar-refractivity contribution in [3.63, 3.8) is 0 Å². The zero-order valence-corrected chi connectivity index (χ0v) is 34.2. The minimum absolute atomic E-state index is 0.101. The first-order chi connectivity index (χ1) is 24.3. The molecular weight excluding hydrogens is 682 g/mol. The molecule has 1 heterocycles. The van der Waals surface area contributed by atoms with Crippen LogP contribution in [0, 0.1) is 0 Å². The molecule has 0 aliphatic rings. The van der Waals surface area contributed by atoms with Gasteiger partial charge in [-0.15, -0.1) is 0 Å². The number of carbonyl (C=O) groups is 1. The zero-order chi connectivity index (χ0) is 37.8. The molecule has 3 N–H and O–H groups in total. The van der Waals surface area contributed by atoms with Crippen molar-refractivity contribution in [1.82, 2.24) is 0 Å². The van der Waals surface area contributed by atoms with E-state index in [-0.39, 0.29) is 22.8 Å². The predicted molar refractivity (Wildman–Crippen MR) is 213 cm³/mol. The molecule has 10 heteroatoms. The van der Waals surface area contributed by atoms with Crippen LogP contribution in [0.15, 0.2) is 39.8 Å². The van der Waals surface area contributed by atoms with E-state index in [1.165, 1.54) is 167 Å². The largest absolute Gasteiger partial charge is 0.545 e. The van der Waals surface area contributed by atoms with Crippen LogP contribution < -0.4 is 15.6 Å². The van der Waals surface area contributed by atoms with E-state index >= 15 is 0 Å². The van der Waals surface area contributed by atoms with Crippen molar-refractivity contribution in [2.45, 2.75) is 172 Å². The van der Waals surface area contributed by atoms with E-state index < -0.39 is 20.9 Å². The summed E-state index contributed by atoms with van der Waals surface area (Å²) < 4.78 is 28.9. The number of carboxylic acid groups (broad SMARTS) is 1. The van der Waals surface area contributed by atoms with Crippen LogP contribution in [0.2, 0.25) is 5.02 Å². The number of carboxylic acids is 1. The number of sulfonamides is 1. The Labute approximate surface area is 316 Å². The number of nitrogens with zero attached hydrogens (tertiary/aromatic N) is 1. The minimum atomic E-state index is -4.13. The Morgan fingerprint density at radius 1 is 0.745 bits per heavy atom. The van der Waals surface area contributed by atoms with Gasteiger partial charge in [0.05, 0.1) is 51.5 Å². The number of primary sulfonamides is 1. The molecule has 2 rings (SSSR count). The maximum atomic E-state index is 11.3. The zero-order valence-electron chi connectivity index (χ0n) is 32.6. The summed E-state index contributed by atoms with van der Waals surface area (Å²) >= 11 is 5.82. The molecule has 0 unspecified atom stereocenters. The number of quaternary nitrogens is 1. The first kappa shape index (κ1) is 47.0. The number of hydrogen-bond acceptors (Lipinski definition) is 6. The third-order valence-electron chi connectivity index (χ3n) is 9.31. The molecular formula is C41H72ClN3O5S. The van der Waals surface area contributed by atoms with E-state index in [0.29, 0.717) is 5.76 Å². The Balaban J connectivity index is 0.000000539. The number of furan rings is 1. The maximum Gasteiger partial charge on any atom is 0.239 e. The van der Waals surface area contributed by atoms with E-state index in [4.69, 9.17) is 21.2 Å². The predicted octanol–water partition coefficient (Wildman–Crippen LogP) is 10.6. The van der Waals surface area contributed by atoms with Gasteiger partial charge in [0.1, 0.15) is 10.7 Å². The lowest BCUT2D eigenvalue weighted by Crippen LogP contribution is -2.35. The Morgan fingerprint density at radius 3 is 1.49 bits per heavy atom. The van der Waals surface area contributed by atoms with Crippen LogP contribution in [0.25, 0.3) is 0 Å². The number of rotatable bonds is 30. The minimum Gasteiger partial charge on any atom is -0.545 e. The van der Waals surface area contributed by atoms with Crippen molar-refractivity contribution in [3.05, 3.63) is 46.9 Å². The van der Waals surface area contributed by atoms with Crippen molar-refractivity contribution in [2.24, 2.45) is 5.14 Å². The second-order valence-corrected chi connectivity index (χ2v) is 17.2. The lowest BCUT2D eigenvalue weighted by Gasteiger charge is -2.23. The van der Waals surface area contributed by atoms with Crippen molar-refractivity contribution >= 4 is 33.3 Å². The molecule has 0 fully saturated rings. The fraction of sp³-hybridized carbons (Fsp3) is 0.732. The monoisotopic (exact) mass is 753 g/mol. The normalized spacial score (nSPS) is 11.7. The summed E-state index contributed by atoms with van der Waals surface area (Å²) in [4.78, 5) is 10.6. The smallest absolute Gasteiger partial charge is 0.239 e. The van der Waals surface area contributed by atoms with E-state index in [9.17, 15) is 18.3 Å². The first-order valence-electron chi connectivity index (χ1n) is 20.0. The van der Waals surface area contributed by atoms with Crippen molar-refractivity contribution < 1.29 is 27.2 Å². The Morgan fingerprint density at radius 2 is 1.16 bits per heavy atom. The summed E-state index contributed by atoms with van der Waals surface area (Å²) in [7, 11) is 2.78.